The zero-order valence-corrected chi connectivity index (χ0v) is 28.4. The topological polar surface area (TPSA) is 126 Å². The number of fused-ring (bicyclic) bond motifs is 2. The average Bonchev–Trinajstić information content (AvgIpc) is 2.99. The molecule has 0 unspecified atom stereocenters. The van der Waals surface area contributed by atoms with Gasteiger partial charge in [-0.3, -0.25) is 0 Å². The largest absolute Gasteiger partial charge is 0.461 e. The van der Waals surface area contributed by atoms with Gasteiger partial charge in [-0.05, 0) is 80.1 Å². The molecule has 3 aliphatic heterocycles. The first-order valence-electron chi connectivity index (χ1n) is 16.0. The van der Waals surface area contributed by atoms with Gasteiger partial charge in [0.15, 0.2) is 12.2 Å². The van der Waals surface area contributed by atoms with E-state index < -0.39 is 59.5 Å². The third-order valence-corrected chi connectivity index (χ3v) is 9.64. The zero-order valence-electron chi connectivity index (χ0n) is 28.4. The van der Waals surface area contributed by atoms with E-state index in [0.29, 0.717) is 25.7 Å². The van der Waals surface area contributed by atoms with E-state index in [1.165, 1.54) is 28.4 Å². The van der Waals surface area contributed by atoms with Crippen molar-refractivity contribution in [1.29, 1.82) is 0 Å². The van der Waals surface area contributed by atoms with Crippen LogP contribution < -0.4 is 0 Å². The van der Waals surface area contributed by atoms with Crippen LogP contribution in [0.3, 0.4) is 0 Å². The number of rotatable bonds is 4. The van der Waals surface area contributed by atoms with Crippen LogP contribution in [0, 0.1) is 0 Å². The number of carbonyl (C=O) groups excluding carboxylic acids is 2. The van der Waals surface area contributed by atoms with Crippen LogP contribution in [-0.4, -0.2) is 100 Å². The van der Waals surface area contributed by atoms with Crippen molar-refractivity contribution in [3.8, 4) is 0 Å². The molecule has 44 heavy (non-hydrogen) atoms. The lowest BCUT2D eigenvalue weighted by molar-refractivity contribution is -0.444. The molecule has 3 rings (SSSR count). The molecule has 0 aromatic carbocycles. The van der Waals surface area contributed by atoms with Gasteiger partial charge < -0.3 is 47.4 Å². The normalized spacial score (nSPS) is 44.0. The SMILES string of the molecule is CO[C@]1(C)O[C@H]2CCCCCC[C@@H]3O[C@@](C)(OC)[C@](C)(OC)O[C@H]3C(=O)O[C@H](C)CCCC[C@@H](C)OC(=O)[C@@H]2O[C@@]1(C)OC. The van der Waals surface area contributed by atoms with E-state index in [4.69, 9.17) is 47.4 Å². The number of ether oxygens (including phenoxy) is 10. The molecule has 0 N–H and O–H groups in total. The van der Waals surface area contributed by atoms with Crippen molar-refractivity contribution in [3.63, 3.8) is 0 Å². The smallest absolute Gasteiger partial charge is 0.338 e. The Labute approximate surface area is 262 Å². The summed E-state index contributed by atoms with van der Waals surface area (Å²) in [6, 6.07) is 0. The van der Waals surface area contributed by atoms with Crippen molar-refractivity contribution in [2.24, 2.45) is 0 Å². The Kier molecular flexibility index (Phi) is 13.0. The lowest BCUT2D eigenvalue weighted by Gasteiger charge is -2.51. The highest BCUT2D eigenvalue weighted by atomic mass is 16.8. The third kappa shape index (κ3) is 8.12. The molecular weight excluding hydrogens is 576 g/mol. The minimum atomic E-state index is -1.32. The standard InChI is InChI=1S/C32H56O12/c1-21-17-15-16-18-22(2)40-28(34)26-24(42-30(4,36-8)32(6,38-10)44-26)20-14-12-11-13-19-23-25(27(33)39-21)43-31(5,37-9)29(3,35-7)41-23/h21-26H,11-20H2,1-10H3/t21-,22-,23+,24+,25-,26-,29-,30-,31-,32-/m1/s1. The summed E-state index contributed by atoms with van der Waals surface area (Å²) in [5.74, 6) is -6.06. The van der Waals surface area contributed by atoms with Gasteiger partial charge in [0.1, 0.15) is 0 Å². The zero-order chi connectivity index (χ0) is 32.8. The first kappa shape index (κ1) is 37.1. The van der Waals surface area contributed by atoms with E-state index in [1.54, 1.807) is 27.7 Å². The summed E-state index contributed by atoms with van der Waals surface area (Å²) in [7, 11) is 6.04. The summed E-state index contributed by atoms with van der Waals surface area (Å²) in [5, 5.41) is 0. The molecule has 0 aromatic rings. The fraction of sp³-hybridized carbons (Fsp3) is 0.938. The molecule has 3 aliphatic rings. The van der Waals surface area contributed by atoms with Gasteiger partial charge in [-0.2, -0.15) is 0 Å². The first-order chi connectivity index (χ1) is 20.7. The van der Waals surface area contributed by atoms with Gasteiger partial charge in [-0.15, -0.1) is 0 Å². The molecule has 0 amide bonds. The molecule has 3 saturated heterocycles. The van der Waals surface area contributed by atoms with Crippen LogP contribution in [0.25, 0.3) is 0 Å². The molecule has 10 atom stereocenters. The molecule has 0 aliphatic carbocycles. The van der Waals surface area contributed by atoms with Crippen molar-refractivity contribution in [2.45, 2.75) is 166 Å². The monoisotopic (exact) mass is 632 g/mol. The second-order valence-corrected chi connectivity index (χ2v) is 12.8. The number of methoxy groups -OCH3 is 4. The Morgan fingerprint density at radius 3 is 1.11 bits per heavy atom. The van der Waals surface area contributed by atoms with E-state index in [9.17, 15) is 9.59 Å². The molecule has 0 radical (unpaired) electrons. The van der Waals surface area contributed by atoms with Crippen LogP contribution in [0.2, 0.25) is 0 Å². The summed E-state index contributed by atoms with van der Waals surface area (Å²) < 4.78 is 59.6. The first-order valence-corrected chi connectivity index (χ1v) is 16.0. The van der Waals surface area contributed by atoms with E-state index in [-0.39, 0.29) is 12.2 Å². The van der Waals surface area contributed by atoms with Crippen LogP contribution >= 0.6 is 0 Å². The van der Waals surface area contributed by atoms with Gasteiger partial charge in [0.2, 0.25) is 23.1 Å². The molecule has 0 saturated carbocycles. The second kappa shape index (κ2) is 15.5. The van der Waals surface area contributed by atoms with Gasteiger partial charge in [-0.1, -0.05) is 25.7 Å². The summed E-state index contributed by atoms with van der Waals surface area (Å²) in [6.45, 7) is 10.6. The fourth-order valence-corrected chi connectivity index (χ4v) is 6.08. The van der Waals surface area contributed by atoms with Crippen LogP contribution in [-0.2, 0) is 57.0 Å². The maximum absolute atomic E-state index is 13.4. The summed E-state index contributed by atoms with van der Waals surface area (Å²) in [6.07, 6.45) is 3.39. The highest BCUT2D eigenvalue weighted by Gasteiger charge is 2.59. The predicted octanol–water partition coefficient (Wildman–Crippen LogP) is 4.78. The number of esters is 2. The van der Waals surface area contributed by atoms with Crippen LogP contribution in [0.1, 0.15) is 106 Å². The molecule has 12 nitrogen and oxygen atoms in total. The maximum Gasteiger partial charge on any atom is 0.338 e. The van der Waals surface area contributed by atoms with Crippen molar-refractivity contribution >= 4 is 11.9 Å². The van der Waals surface area contributed by atoms with Gasteiger partial charge in [0.05, 0.1) is 24.4 Å². The maximum atomic E-state index is 13.4. The van der Waals surface area contributed by atoms with Crippen molar-refractivity contribution < 1.29 is 57.0 Å². The van der Waals surface area contributed by atoms with Gasteiger partial charge in [0, 0.05) is 28.4 Å². The van der Waals surface area contributed by atoms with Crippen molar-refractivity contribution in [3.05, 3.63) is 0 Å². The Hall–Kier alpha value is -1.38. The minimum Gasteiger partial charge on any atom is -0.461 e. The lowest BCUT2D eigenvalue weighted by Crippen LogP contribution is -2.66. The molecule has 3 heterocycles. The third-order valence-electron chi connectivity index (χ3n) is 9.64. The Morgan fingerprint density at radius 2 is 0.795 bits per heavy atom. The van der Waals surface area contributed by atoms with Crippen LogP contribution in [0.4, 0.5) is 0 Å². The quantitative estimate of drug-likeness (QED) is 0.396. The number of carbonyl (C=O) groups is 2. The number of hydrogen-bond donors (Lipinski definition) is 0. The van der Waals surface area contributed by atoms with E-state index in [0.717, 1.165) is 38.5 Å². The average molecular weight is 633 g/mol. The molecule has 0 spiro atoms. The summed E-state index contributed by atoms with van der Waals surface area (Å²) in [5.41, 5.74) is 0. The van der Waals surface area contributed by atoms with E-state index in [2.05, 4.69) is 0 Å². The Bertz CT molecular complexity index is 874. The molecule has 3 fully saturated rings. The Balaban J connectivity index is 1.78. The number of hydrogen-bond acceptors (Lipinski definition) is 12. The lowest BCUT2D eigenvalue weighted by atomic mass is 9.97. The van der Waals surface area contributed by atoms with Gasteiger partial charge >= 0.3 is 11.9 Å². The second-order valence-electron chi connectivity index (χ2n) is 12.8. The number of cyclic esters (lactones) is 2. The summed E-state index contributed by atoms with van der Waals surface area (Å²) in [4.78, 5) is 26.8. The minimum absolute atomic E-state index is 0.338. The van der Waals surface area contributed by atoms with E-state index >= 15 is 0 Å². The van der Waals surface area contributed by atoms with Crippen molar-refractivity contribution in [1.82, 2.24) is 0 Å². The molecule has 0 bridgehead atoms. The van der Waals surface area contributed by atoms with Gasteiger partial charge in [-0.25, -0.2) is 9.59 Å². The fourth-order valence-electron chi connectivity index (χ4n) is 6.08. The highest BCUT2D eigenvalue weighted by Crippen LogP contribution is 2.42. The van der Waals surface area contributed by atoms with Gasteiger partial charge in [0.25, 0.3) is 0 Å². The van der Waals surface area contributed by atoms with Crippen LogP contribution in [0.5, 0.6) is 0 Å². The molecule has 12 heteroatoms. The predicted molar refractivity (Wildman–Crippen MR) is 158 cm³/mol. The molecular formula is C32H56O12. The molecule has 0 aromatic heterocycles. The highest BCUT2D eigenvalue weighted by molar-refractivity contribution is 5.76. The summed E-state index contributed by atoms with van der Waals surface area (Å²) >= 11 is 0. The van der Waals surface area contributed by atoms with Crippen LogP contribution in [0.15, 0.2) is 0 Å². The van der Waals surface area contributed by atoms with Crippen molar-refractivity contribution in [2.75, 3.05) is 28.4 Å². The Morgan fingerprint density at radius 1 is 0.500 bits per heavy atom. The molecule has 256 valence electrons. The van der Waals surface area contributed by atoms with E-state index in [1.807, 2.05) is 13.8 Å².